The van der Waals surface area contributed by atoms with Gasteiger partial charge in [0.1, 0.15) is 0 Å². The lowest BCUT2D eigenvalue weighted by molar-refractivity contribution is 0.387. The van der Waals surface area contributed by atoms with Crippen molar-refractivity contribution in [3.8, 4) is 0 Å². The summed E-state index contributed by atoms with van der Waals surface area (Å²) in [6.45, 7) is 2.95. The number of aromatic nitrogens is 2. The Morgan fingerprint density at radius 1 is 1.00 bits per heavy atom. The van der Waals surface area contributed by atoms with E-state index in [1.807, 2.05) is 12.1 Å². The number of guanidine groups is 1. The quantitative estimate of drug-likeness (QED) is 0.323. The molecule has 0 unspecified atom stereocenters. The summed E-state index contributed by atoms with van der Waals surface area (Å²) >= 11 is 0. The van der Waals surface area contributed by atoms with Gasteiger partial charge in [-0.3, -0.25) is 4.99 Å². The molecule has 2 N–H and O–H groups in total. The number of nitrogens with zero attached hydrogens (tertiary/aromatic N) is 3. The van der Waals surface area contributed by atoms with Crippen molar-refractivity contribution in [3.63, 3.8) is 0 Å². The Hall–Kier alpha value is -2.42. The van der Waals surface area contributed by atoms with Crippen LogP contribution in [0.4, 0.5) is 0 Å². The summed E-state index contributed by atoms with van der Waals surface area (Å²) in [7, 11) is 1.75. The van der Waals surface area contributed by atoms with Crippen LogP contribution in [0.3, 0.4) is 0 Å². The largest absolute Gasteiger partial charge is 0.355 e. The van der Waals surface area contributed by atoms with Gasteiger partial charge >= 0.3 is 0 Å². The van der Waals surface area contributed by atoms with Crippen LogP contribution >= 0.6 is 24.0 Å². The molecule has 0 fully saturated rings. The first kappa shape index (κ1) is 20.9. The molecule has 7 heteroatoms. The molecule has 0 atom stereocenters. The van der Waals surface area contributed by atoms with Crippen LogP contribution in [0.2, 0.25) is 0 Å². The lowest BCUT2D eigenvalue weighted by Gasteiger charge is -2.20. The lowest BCUT2D eigenvalue weighted by Crippen LogP contribution is -2.39. The first-order valence-electron chi connectivity index (χ1n) is 8.60. The number of hydrogen-bond donors (Lipinski definition) is 2. The Bertz CT molecular complexity index is 796. The molecule has 27 heavy (non-hydrogen) atoms. The van der Waals surface area contributed by atoms with Gasteiger partial charge in [0.25, 0.3) is 0 Å². The van der Waals surface area contributed by atoms with Gasteiger partial charge in [-0.1, -0.05) is 65.8 Å². The van der Waals surface area contributed by atoms with Gasteiger partial charge in [0.2, 0.25) is 5.89 Å². The molecule has 1 aromatic heterocycles. The van der Waals surface area contributed by atoms with Crippen molar-refractivity contribution in [2.75, 3.05) is 13.6 Å². The second-order valence-electron chi connectivity index (χ2n) is 5.91. The molecule has 0 radical (unpaired) electrons. The SMILES string of the molecule is CN=C(NCc1noc(C)n1)NCC(c1ccccc1)c1ccccc1.I. The van der Waals surface area contributed by atoms with Crippen molar-refractivity contribution in [2.24, 2.45) is 4.99 Å². The number of rotatable bonds is 6. The van der Waals surface area contributed by atoms with E-state index in [-0.39, 0.29) is 29.9 Å². The molecule has 0 aliphatic heterocycles. The van der Waals surface area contributed by atoms with E-state index in [0.29, 0.717) is 24.2 Å². The standard InChI is InChI=1S/C20H23N5O.HI/c1-15-24-19(25-26-15)14-23-20(21-2)22-13-18(16-9-5-3-6-10-16)17-11-7-4-8-12-17;/h3-12,18H,13-14H2,1-2H3,(H2,21,22,23);1H. The Morgan fingerprint density at radius 3 is 2.07 bits per heavy atom. The van der Waals surface area contributed by atoms with Gasteiger partial charge in [0.05, 0.1) is 6.54 Å². The Morgan fingerprint density at radius 2 is 1.59 bits per heavy atom. The van der Waals surface area contributed by atoms with Crippen molar-refractivity contribution in [1.29, 1.82) is 0 Å². The number of aliphatic imine (C=N–C) groups is 1. The van der Waals surface area contributed by atoms with Gasteiger partial charge in [-0.05, 0) is 11.1 Å². The van der Waals surface area contributed by atoms with Crippen molar-refractivity contribution in [1.82, 2.24) is 20.8 Å². The predicted molar refractivity (Wildman–Crippen MR) is 117 cm³/mol. The maximum absolute atomic E-state index is 4.98. The third kappa shape index (κ3) is 6.06. The normalized spacial score (nSPS) is 11.1. The molecular formula is C20H24IN5O. The van der Waals surface area contributed by atoms with E-state index in [1.54, 1.807) is 14.0 Å². The van der Waals surface area contributed by atoms with Gasteiger partial charge in [-0.2, -0.15) is 4.98 Å². The van der Waals surface area contributed by atoms with Crippen LogP contribution in [-0.4, -0.2) is 29.7 Å². The summed E-state index contributed by atoms with van der Waals surface area (Å²) in [6, 6.07) is 20.9. The fourth-order valence-corrected chi connectivity index (χ4v) is 2.79. The Kier molecular flexibility index (Phi) is 8.25. The van der Waals surface area contributed by atoms with Gasteiger partial charge < -0.3 is 15.2 Å². The fourth-order valence-electron chi connectivity index (χ4n) is 2.79. The third-order valence-electron chi connectivity index (χ3n) is 4.08. The lowest BCUT2D eigenvalue weighted by atomic mass is 9.91. The van der Waals surface area contributed by atoms with E-state index < -0.39 is 0 Å². The molecule has 3 rings (SSSR count). The molecule has 0 aliphatic rings. The number of benzene rings is 2. The molecular weight excluding hydrogens is 453 g/mol. The van der Waals surface area contributed by atoms with Gasteiger partial charge in [-0.15, -0.1) is 24.0 Å². The maximum atomic E-state index is 4.98. The number of hydrogen-bond acceptors (Lipinski definition) is 4. The van der Waals surface area contributed by atoms with Crippen LogP contribution in [0.25, 0.3) is 0 Å². The van der Waals surface area contributed by atoms with Crippen LogP contribution < -0.4 is 10.6 Å². The molecule has 0 aliphatic carbocycles. The molecule has 0 amide bonds. The summed E-state index contributed by atoms with van der Waals surface area (Å²) in [6.07, 6.45) is 0. The number of aryl methyl sites for hydroxylation is 1. The van der Waals surface area contributed by atoms with Crippen molar-refractivity contribution in [3.05, 3.63) is 83.5 Å². The molecule has 0 saturated heterocycles. The Labute approximate surface area is 176 Å². The van der Waals surface area contributed by atoms with Gasteiger partial charge in [-0.25, -0.2) is 0 Å². The van der Waals surface area contributed by atoms with E-state index in [9.17, 15) is 0 Å². The topological polar surface area (TPSA) is 75.3 Å². The van der Waals surface area contributed by atoms with Crippen LogP contribution in [0, 0.1) is 6.92 Å². The fraction of sp³-hybridized carbons (Fsp3) is 0.250. The van der Waals surface area contributed by atoms with Gasteiger partial charge in [0, 0.05) is 26.4 Å². The van der Waals surface area contributed by atoms with Crippen LogP contribution in [0.5, 0.6) is 0 Å². The number of nitrogens with one attached hydrogen (secondary N) is 2. The second-order valence-corrected chi connectivity index (χ2v) is 5.91. The molecule has 142 valence electrons. The summed E-state index contributed by atoms with van der Waals surface area (Å²) in [5, 5.41) is 10.5. The minimum absolute atomic E-state index is 0. The molecule has 2 aromatic carbocycles. The van der Waals surface area contributed by atoms with Gasteiger partial charge in [0.15, 0.2) is 11.8 Å². The molecule has 0 saturated carbocycles. The zero-order valence-electron chi connectivity index (χ0n) is 15.4. The highest BCUT2D eigenvalue weighted by Crippen LogP contribution is 2.23. The minimum atomic E-state index is 0. The Balaban J connectivity index is 0.00000261. The first-order chi connectivity index (χ1) is 12.8. The molecule has 3 aromatic rings. The highest BCUT2D eigenvalue weighted by Gasteiger charge is 2.14. The minimum Gasteiger partial charge on any atom is -0.355 e. The smallest absolute Gasteiger partial charge is 0.223 e. The second kappa shape index (κ2) is 10.7. The van der Waals surface area contributed by atoms with E-state index in [0.717, 1.165) is 6.54 Å². The maximum Gasteiger partial charge on any atom is 0.223 e. The first-order valence-corrected chi connectivity index (χ1v) is 8.60. The van der Waals surface area contributed by atoms with Crippen molar-refractivity contribution in [2.45, 2.75) is 19.4 Å². The average Bonchev–Trinajstić information content (AvgIpc) is 3.11. The molecule has 1 heterocycles. The van der Waals surface area contributed by atoms with Crippen molar-refractivity contribution >= 4 is 29.9 Å². The van der Waals surface area contributed by atoms with E-state index >= 15 is 0 Å². The summed E-state index contributed by atoms with van der Waals surface area (Å²) < 4.78 is 4.98. The molecule has 0 bridgehead atoms. The average molecular weight is 477 g/mol. The third-order valence-corrected chi connectivity index (χ3v) is 4.08. The summed E-state index contributed by atoms with van der Waals surface area (Å²) in [5.74, 6) is 2.08. The van der Waals surface area contributed by atoms with Crippen LogP contribution in [0.1, 0.15) is 28.8 Å². The molecule has 6 nitrogen and oxygen atoms in total. The zero-order valence-corrected chi connectivity index (χ0v) is 17.8. The van der Waals surface area contributed by atoms with E-state index in [1.165, 1.54) is 11.1 Å². The highest BCUT2D eigenvalue weighted by atomic mass is 127. The number of halogens is 1. The predicted octanol–water partition coefficient (Wildman–Crippen LogP) is 3.49. The van der Waals surface area contributed by atoms with E-state index in [4.69, 9.17) is 4.52 Å². The molecule has 0 spiro atoms. The highest BCUT2D eigenvalue weighted by molar-refractivity contribution is 14.0. The van der Waals surface area contributed by atoms with E-state index in [2.05, 4.69) is 74.3 Å². The van der Waals surface area contributed by atoms with Crippen LogP contribution in [-0.2, 0) is 6.54 Å². The summed E-state index contributed by atoms with van der Waals surface area (Å²) in [4.78, 5) is 8.46. The monoisotopic (exact) mass is 477 g/mol. The zero-order chi connectivity index (χ0) is 18.2. The van der Waals surface area contributed by atoms with Crippen molar-refractivity contribution < 1.29 is 4.52 Å². The summed E-state index contributed by atoms with van der Waals surface area (Å²) in [5.41, 5.74) is 2.52. The van der Waals surface area contributed by atoms with Crippen LogP contribution in [0.15, 0.2) is 70.2 Å².